The van der Waals surface area contributed by atoms with Crippen molar-refractivity contribution in [1.82, 2.24) is 14.4 Å². The molecule has 3 rings (SSSR count). The smallest absolute Gasteiger partial charge is 0.194 e. The van der Waals surface area contributed by atoms with Crippen molar-refractivity contribution in [2.75, 3.05) is 0 Å². The largest absolute Gasteiger partial charge is 0.290 e. The Hall–Kier alpha value is -1.42. The van der Waals surface area contributed by atoms with Gasteiger partial charge in [0.1, 0.15) is 0 Å². The highest BCUT2D eigenvalue weighted by atomic mass is 32.1. The molecule has 0 N–H and O–H groups in total. The number of thiazole rings is 1. The summed E-state index contributed by atoms with van der Waals surface area (Å²) in [6.07, 6.45) is 5.74. The van der Waals surface area contributed by atoms with Crippen molar-refractivity contribution in [2.45, 2.75) is 6.92 Å². The van der Waals surface area contributed by atoms with Gasteiger partial charge in [-0.05, 0) is 13.0 Å². The lowest BCUT2D eigenvalue weighted by Gasteiger charge is -1.87. The number of imidazole rings is 1. The normalized spacial score (nSPS) is 11.5. The van der Waals surface area contributed by atoms with Gasteiger partial charge < -0.3 is 0 Å². The molecular weight excluding hydrogens is 182 g/mol. The van der Waals surface area contributed by atoms with E-state index in [-0.39, 0.29) is 0 Å². The molecule has 64 valence electrons. The molecule has 0 aromatic carbocycles. The number of rotatable bonds is 0. The molecule has 0 aliphatic heterocycles. The molecule has 0 fully saturated rings. The summed E-state index contributed by atoms with van der Waals surface area (Å²) in [4.78, 5) is 9.53. The van der Waals surface area contributed by atoms with Gasteiger partial charge in [0.25, 0.3) is 0 Å². The van der Waals surface area contributed by atoms with Crippen LogP contribution in [0.2, 0.25) is 0 Å². The molecule has 0 spiro atoms. The lowest BCUT2D eigenvalue weighted by Crippen LogP contribution is -1.76. The first-order chi connectivity index (χ1) is 6.34. The van der Waals surface area contributed by atoms with Gasteiger partial charge in [0.05, 0.1) is 15.9 Å². The minimum atomic E-state index is 1.04. The Kier molecular flexibility index (Phi) is 1.24. The number of hydrogen-bond acceptors (Lipinski definition) is 3. The fourth-order valence-electron chi connectivity index (χ4n) is 1.47. The molecular formula is C9H7N3S. The van der Waals surface area contributed by atoms with Crippen LogP contribution in [0.5, 0.6) is 0 Å². The molecule has 3 aromatic heterocycles. The van der Waals surface area contributed by atoms with Crippen LogP contribution >= 0.6 is 11.3 Å². The summed E-state index contributed by atoms with van der Waals surface area (Å²) in [6, 6.07) is 2.01. The molecule has 0 radical (unpaired) electrons. The second-order valence-electron chi connectivity index (χ2n) is 2.98. The summed E-state index contributed by atoms with van der Waals surface area (Å²) in [5.74, 6) is 0. The average molecular weight is 189 g/mol. The Balaban J connectivity index is 2.60. The zero-order chi connectivity index (χ0) is 8.84. The van der Waals surface area contributed by atoms with Crippen molar-refractivity contribution in [1.29, 1.82) is 0 Å². The first kappa shape index (κ1) is 7.03. The van der Waals surface area contributed by atoms with Crippen molar-refractivity contribution in [3.8, 4) is 0 Å². The highest BCUT2D eigenvalue weighted by Crippen LogP contribution is 2.24. The molecule has 3 aromatic rings. The van der Waals surface area contributed by atoms with Crippen LogP contribution in [0.15, 0.2) is 24.7 Å². The molecule has 0 bridgehead atoms. The summed E-state index contributed by atoms with van der Waals surface area (Å²) in [5.41, 5.74) is 2.25. The van der Waals surface area contributed by atoms with Crippen molar-refractivity contribution in [3.63, 3.8) is 0 Å². The molecule has 0 atom stereocenters. The number of aryl methyl sites for hydroxylation is 1. The van der Waals surface area contributed by atoms with E-state index in [9.17, 15) is 0 Å². The van der Waals surface area contributed by atoms with Crippen molar-refractivity contribution < 1.29 is 0 Å². The van der Waals surface area contributed by atoms with Crippen molar-refractivity contribution >= 4 is 26.5 Å². The van der Waals surface area contributed by atoms with E-state index >= 15 is 0 Å². The number of pyridine rings is 1. The van der Waals surface area contributed by atoms with E-state index in [1.807, 2.05) is 31.6 Å². The standard InChI is InChI=1S/C9H7N3S/c1-6-5-12-7-2-3-10-4-8(7)13-9(12)11-6/h2-5H,1H3. The highest BCUT2D eigenvalue weighted by Gasteiger charge is 2.05. The van der Waals surface area contributed by atoms with Crippen molar-refractivity contribution in [3.05, 3.63) is 30.4 Å². The van der Waals surface area contributed by atoms with E-state index in [1.54, 1.807) is 11.3 Å². The molecule has 4 heteroatoms. The Morgan fingerprint density at radius 3 is 3.31 bits per heavy atom. The van der Waals surface area contributed by atoms with Crippen LogP contribution in [0.25, 0.3) is 15.2 Å². The number of fused-ring (bicyclic) bond motifs is 3. The average Bonchev–Trinajstić information content (AvgIpc) is 2.60. The molecule has 0 aliphatic carbocycles. The SMILES string of the molecule is Cc1cn2c(n1)sc1cnccc12. The topological polar surface area (TPSA) is 30.2 Å². The lowest BCUT2D eigenvalue weighted by atomic mass is 10.4. The van der Waals surface area contributed by atoms with Crippen LogP contribution < -0.4 is 0 Å². The van der Waals surface area contributed by atoms with Crippen LogP contribution in [0.3, 0.4) is 0 Å². The molecule has 0 aliphatic rings. The number of aromatic nitrogens is 3. The maximum atomic E-state index is 4.40. The Bertz CT molecular complexity index is 579. The van der Waals surface area contributed by atoms with Gasteiger partial charge in [0.15, 0.2) is 4.96 Å². The maximum absolute atomic E-state index is 4.40. The van der Waals surface area contributed by atoms with Gasteiger partial charge in [-0.1, -0.05) is 11.3 Å². The Morgan fingerprint density at radius 1 is 1.46 bits per heavy atom. The number of nitrogens with zero attached hydrogens (tertiary/aromatic N) is 3. The molecule has 0 unspecified atom stereocenters. The van der Waals surface area contributed by atoms with Crippen LogP contribution in [0, 0.1) is 6.92 Å². The summed E-state index contributed by atoms with van der Waals surface area (Å²) in [6.45, 7) is 2.01. The predicted octanol–water partition coefficient (Wildman–Crippen LogP) is 2.25. The third-order valence-corrected chi connectivity index (χ3v) is 3.02. The van der Waals surface area contributed by atoms with Gasteiger partial charge in [0, 0.05) is 18.6 Å². The fourth-order valence-corrected chi connectivity index (χ4v) is 2.49. The van der Waals surface area contributed by atoms with Crippen LogP contribution in [-0.2, 0) is 0 Å². The van der Waals surface area contributed by atoms with Crippen molar-refractivity contribution in [2.24, 2.45) is 0 Å². The van der Waals surface area contributed by atoms with Gasteiger partial charge in [0.2, 0.25) is 0 Å². The van der Waals surface area contributed by atoms with Gasteiger partial charge in [-0.3, -0.25) is 9.38 Å². The number of hydrogen-bond donors (Lipinski definition) is 0. The third-order valence-electron chi connectivity index (χ3n) is 2.02. The van der Waals surface area contributed by atoms with Crippen LogP contribution in [-0.4, -0.2) is 14.4 Å². The van der Waals surface area contributed by atoms with E-state index in [4.69, 9.17) is 0 Å². The molecule has 3 nitrogen and oxygen atoms in total. The summed E-state index contributed by atoms with van der Waals surface area (Å²) < 4.78 is 3.29. The van der Waals surface area contributed by atoms with Crippen LogP contribution in [0.4, 0.5) is 0 Å². The maximum Gasteiger partial charge on any atom is 0.194 e. The van der Waals surface area contributed by atoms with Gasteiger partial charge in [-0.15, -0.1) is 0 Å². The van der Waals surface area contributed by atoms with E-state index < -0.39 is 0 Å². The van der Waals surface area contributed by atoms with E-state index in [2.05, 4.69) is 14.4 Å². The first-order valence-electron chi connectivity index (χ1n) is 4.03. The Morgan fingerprint density at radius 2 is 2.38 bits per heavy atom. The summed E-state index contributed by atoms with van der Waals surface area (Å²) >= 11 is 1.67. The van der Waals surface area contributed by atoms with Crippen LogP contribution in [0.1, 0.15) is 5.69 Å². The second kappa shape index (κ2) is 2.29. The Labute approximate surface area is 78.7 Å². The van der Waals surface area contributed by atoms with Gasteiger partial charge in [-0.25, -0.2) is 4.98 Å². The zero-order valence-corrected chi connectivity index (χ0v) is 7.88. The molecule has 3 heterocycles. The summed E-state index contributed by atoms with van der Waals surface area (Å²) in [7, 11) is 0. The molecule has 0 saturated heterocycles. The zero-order valence-electron chi connectivity index (χ0n) is 7.06. The highest BCUT2D eigenvalue weighted by molar-refractivity contribution is 7.23. The molecule has 0 amide bonds. The second-order valence-corrected chi connectivity index (χ2v) is 3.99. The lowest BCUT2D eigenvalue weighted by molar-refractivity contribution is 1.26. The first-order valence-corrected chi connectivity index (χ1v) is 4.84. The third kappa shape index (κ3) is 0.890. The van der Waals surface area contributed by atoms with E-state index in [0.29, 0.717) is 0 Å². The fraction of sp³-hybridized carbons (Fsp3) is 0.111. The predicted molar refractivity (Wildman–Crippen MR) is 53.1 cm³/mol. The quantitative estimate of drug-likeness (QED) is 0.543. The monoisotopic (exact) mass is 189 g/mol. The van der Waals surface area contributed by atoms with E-state index in [0.717, 1.165) is 10.7 Å². The van der Waals surface area contributed by atoms with E-state index in [1.165, 1.54) is 10.2 Å². The minimum Gasteiger partial charge on any atom is -0.290 e. The minimum absolute atomic E-state index is 1.04. The summed E-state index contributed by atoms with van der Waals surface area (Å²) in [5, 5.41) is 0. The molecule has 0 saturated carbocycles. The van der Waals surface area contributed by atoms with Gasteiger partial charge in [-0.2, -0.15) is 0 Å². The van der Waals surface area contributed by atoms with Gasteiger partial charge >= 0.3 is 0 Å². The molecule has 13 heavy (non-hydrogen) atoms.